The summed E-state index contributed by atoms with van der Waals surface area (Å²) in [5.74, 6) is 0.239. The largest absolute Gasteiger partial charge is 0.384 e. The highest BCUT2D eigenvalue weighted by atomic mass is 16.2. The number of carbonyl (C=O) groups excluding carboxylic acids is 1. The van der Waals surface area contributed by atoms with Crippen molar-refractivity contribution in [3.63, 3.8) is 0 Å². The van der Waals surface area contributed by atoms with Crippen LogP contribution in [0.5, 0.6) is 0 Å². The number of hydrogen-bond acceptors (Lipinski definition) is 2. The second kappa shape index (κ2) is 7.52. The monoisotopic (exact) mass is 322 g/mol. The van der Waals surface area contributed by atoms with Gasteiger partial charge in [-0.1, -0.05) is 49.4 Å². The Balaban J connectivity index is 1.56. The summed E-state index contributed by atoms with van der Waals surface area (Å²) >= 11 is 0. The molecule has 2 aromatic rings. The summed E-state index contributed by atoms with van der Waals surface area (Å²) in [6.45, 7) is 6.55. The van der Waals surface area contributed by atoms with E-state index in [0.717, 1.165) is 25.9 Å². The number of anilines is 1. The Hall–Kier alpha value is -2.29. The molecule has 1 aliphatic rings. The molecule has 1 amide bonds. The molecule has 126 valence electrons. The molecule has 1 N–H and O–H groups in total. The van der Waals surface area contributed by atoms with Crippen LogP contribution >= 0.6 is 0 Å². The number of nitrogens with zero attached hydrogens (tertiary/aromatic N) is 1. The quantitative estimate of drug-likeness (QED) is 0.904. The van der Waals surface area contributed by atoms with Crippen LogP contribution < -0.4 is 5.32 Å². The van der Waals surface area contributed by atoms with Crippen LogP contribution in [0.1, 0.15) is 35.6 Å². The molecule has 1 heterocycles. The van der Waals surface area contributed by atoms with Crippen molar-refractivity contribution in [2.45, 2.75) is 39.7 Å². The van der Waals surface area contributed by atoms with Gasteiger partial charge in [0.1, 0.15) is 0 Å². The third kappa shape index (κ3) is 3.61. The van der Waals surface area contributed by atoms with Crippen molar-refractivity contribution in [3.05, 3.63) is 64.7 Å². The zero-order valence-corrected chi connectivity index (χ0v) is 14.6. The highest BCUT2D eigenvalue weighted by Crippen LogP contribution is 2.22. The van der Waals surface area contributed by atoms with Crippen molar-refractivity contribution >= 4 is 11.6 Å². The van der Waals surface area contributed by atoms with Crippen LogP contribution in [-0.4, -0.2) is 23.9 Å². The van der Waals surface area contributed by atoms with Crippen LogP contribution in [0.25, 0.3) is 0 Å². The van der Waals surface area contributed by atoms with Crippen molar-refractivity contribution in [1.29, 1.82) is 0 Å². The average Bonchev–Trinajstić information content (AvgIpc) is 2.62. The molecule has 0 bridgehead atoms. The SMILES string of the molecule is CCc1cccc(C)c1NCCC(=O)N1CCc2ccccc2C1. The number of para-hydroxylation sites is 1. The summed E-state index contributed by atoms with van der Waals surface area (Å²) in [6.07, 6.45) is 2.51. The Morgan fingerprint density at radius 3 is 2.71 bits per heavy atom. The third-order valence-electron chi connectivity index (χ3n) is 4.86. The molecule has 3 nitrogen and oxygen atoms in total. The fourth-order valence-electron chi connectivity index (χ4n) is 3.44. The van der Waals surface area contributed by atoms with E-state index in [4.69, 9.17) is 0 Å². The first kappa shape index (κ1) is 16.6. The molecule has 0 fully saturated rings. The van der Waals surface area contributed by atoms with E-state index < -0.39 is 0 Å². The van der Waals surface area contributed by atoms with Gasteiger partial charge in [0, 0.05) is 31.7 Å². The lowest BCUT2D eigenvalue weighted by molar-refractivity contribution is -0.131. The first-order chi connectivity index (χ1) is 11.7. The molecular weight excluding hydrogens is 296 g/mol. The van der Waals surface area contributed by atoms with E-state index in [1.165, 1.54) is 27.9 Å². The van der Waals surface area contributed by atoms with E-state index in [1.807, 2.05) is 4.90 Å². The van der Waals surface area contributed by atoms with Crippen molar-refractivity contribution in [3.8, 4) is 0 Å². The summed E-state index contributed by atoms with van der Waals surface area (Å²) in [6, 6.07) is 14.8. The van der Waals surface area contributed by atoms with Crippen LogP contribution in [0.4, 0.5) is 5.69 Å². The maximum Gasteiger partial charge on any atom is 0.224 e. The Bertz CT molecular complexity index is 724. The zero-order chi connectivity index (χ0) is 16.9. The van der Waals surface area contributed by atoms with Gasteiger partial charge >= 0.3 is 0 Å². The van der Waals surface area contributed by atoms with Gasteiger partial charge in [-0.05, 0) is 42.0 Å². The molecule has 2 aromatic carbocycles. The van der Waals surface area contributed by atoms with Crippen molar-refractivity contribution in [1.82, 2.24) is 4.90 Å². The van der Waals surface area contributed by atoms with E-state index in [0.29, 0.717) is 13.0 Å². The van der Waals surface area contributed by atoms with Crippen LogP contribution in [0.2, 0.25) is 0 Å². The number of amides is 1. The third-order valence-corrected chi connectivity index (χ3v) is 4.86. The number of rotatable bonds is 5. The van der Waals surface area contributed by atoms with E-state index in [9.17, 15) is 4.79 Å². The minimum absolute atomic E-state index is 0.239. The average molecular weight is 322 g/mol. The lowest BCUT2D eigenvalue weighted by Crippen LogP contribution is -2.36. The lowest BCUT2D eigenvalue weighted by Gasteiger charge is -2.29. The van der Waals surface area contributed by atoms with Gasteiger partial charge in [-0.15, -0.1) is 0 Å². The minimum atomic E-state index is 0.239. The van der Waals surface area contributed by atoms with Gasteiger partial charge in [0.2, 0.25) is 5.91 Å². The van der Waals surface area contributed by atoms with E-state index >= 15 is 0 Å². The molecule has 0 spiro atoms. The highest BCUT2D eigenvalue weighted by molar-refractivity contribution is 5.77. The first-order valence-electron chi connectivity index (χ1n) is 8.86. The first-order valence-corrected chi connectivity index (χ1v) is 8.86. The van der Waals surface area contributed by atoms with Gasteiger partial charge in [0.05, 0.1) is 0 Å². The second-order valence-corrected chi connectivity index (χ2v) is 6.47. The van der Waals surface area contributed by atoms with Crippen LogP contribution in [0, 0.1) is 6.92 Å². The highest BCUT2D eigenvalue weighted by Gasteiger charge is 2.19. The molecule has 0 radical (unpaired) electrons. The van der Waals surface area contributed by atoms with E-state index in [1.54, 1.807) is 0 Å². The molecule has 0 saturated carbocycles. The molecule has 1 aliphatic heterocycles. The zero-order valence-electron chi connectivity index (χ0n) is 14.6. The molecule has 3 rings (SSSR count). The van der Waals surface area contributed by atoms with E-state index in [2.05, 4.69) is 61.6 Å². The Morgan fingerprint density at radius 2 is 1.92 bits per heavy atom. The smallest absolute Gasteiger partial charge is 0.224 e. The number of carbonyl (C=O) groups is 1. The minimum Gasteiger partial charge on any atom is -0.384 e. The fraction of sp³-hybridized carbons (Fsp3) is 0.381. The van der Waals surface area contributed by atoms with Crippen LogP contribution in [0.15, 0.2) is 42.5 Å². The Kier molecular flexibility index (Phi) is 5.19. The molecule has 0 aliphatic carbocycles. The maximum absolute atomic E-state index is 12.5. The van der Waals surface area contributed by atoms with Crippen molar-refractivity contribution < 1.29 is 4.79 Å². The summed E-state index contributed by atoms with van der Waals surface area (Å²) in [5.41, 5.74) is 6.42. The summed E-state index contributed by atoms with van der Waals surface area (Å²) < 4.78 is 0. The lowest BCUT2D eigenvalue weighted by atomic mass is 10.00. The molecule has 0 aromatic heterocycles. The standard InChI is InChI=1S/C21H26N2O/c1-3-17-10-6-7-16(2)21(17)22-13-11-20(24)23-14-12-18-8-4-5-9-19(18)15-23/h4-10,22H,3,11-15H2,1-2H3. The normalized spacial score (nSPS) is 13.5. The second-order valence-electron chi connectivity index (χ2n) is 6.47. The number of benzene rings is 2. The van der Waals surface area contributed by atoms with Gasteiger partial charge in [-0.2, -0.15) is 0 Å². The molecule has 0 unspecified atom stereocenters. The Morgan fingerprint density at radius 1 is 1.12 bits per heavy atom. The van der Waals surface area contributed by atoms with Crippen molar-refractivity contribution in [2.24, 2.45) is 0 Å². The van der Waals surface area contributed by atoms with Crippen molar-refractivity contribution in [2.75, 3.05) is 18.4 Å². The maximum atomic E-state index is 12.5. The Labute approximate surface area is 144 Å². The van der Waals surface area contributed by atoms with Gasteiger partial charge in [0.15, 0.2) is 0 Å². The van der Waals surface area contributed by atoms with Gasteiger partial charge in [-0.25, -0.2) is 0 Å². The fourth-order valence-corrected chi connectivity index (χ4v) is 3.44. The van der Waals surface area contributed by atoms with Gasteiger partial charge in [0.25, 0.3) is 0 Å². The van der Waals surface area contributed by atoms with Crippen LogP contribution in [0.3, 0.4) is 0 Å². The predicted octanol–water partition coefficient (Wildman–Crippen LogP) is 3.94. The molecule has 24 heavy (non-hydrogen) atoms. The van der Waals surface area contributed by atoms with Gasteiger partial charge < -0.3 is 10.2 Å². The molecule has 3 heteroatoms. The number of hydrogen-bond donors (Lipinski definition) is 1. The van der Waals surface area contributed by atoms with E-state index in [-0.39, 0.29) is 5.91 Å². The van der Waals surface area contributed by atoms with Crippen LogP contribution in [-0.2, 0) is 24.2 Å². The predicted molar refractivity (Wildman–Crippen MR) is 99.2 cm³/mol. The number of nitrogens with one attached hydrogen (secondary N) is 1. The summed E-state index contributed by atoms with van der Waals surface area (Å²) in [5, 5.41) is 3.47. The molecular formula is C21H26N2O. The number of aryl methyl sites for hydroxylation is 2. The molecule has 0 atom stereocenters. The summed E-state index contributed by atoms with van der Waals surface area (Å²) in [4.78, 5) is 14.5. The number of fused-ring (bicyclic) bond motifs is 1. The van der Waals surface area contributed by atoms with Gasteiger partial charge in [-0.3, -0.25) is 4.79 Å². The summed E-state index contributed by atoms with van der Waals surface area (Å²) in [7, 11) is 0. The topological polar surface area (TPSA) is 32.3 Å². The molecule has 0 saturated heterocycles.